The van der Waals surface area contributed by atoms with Crippen LogP contribution in [-0.4, -0.2) is 4.98 Å². The minimum atomic E-state index is 0.678. The van der Waals surface area contributed by atoms with Crippen LogP contribution < -0.4 is 5.32 Å². The third kappa shape index (κ3) is 2.42. The minimum absolute atomic E-state index is 0.678. The van der Waals surface area contributed by atoms with E-state index < -0.39 is 0 Å². The summed E-state index contributed by atoms with van der Waals surface area (Å²) in [7, 11) is 0. The fourth-order valence-electron chi connectivity index (χ4n) is 1.55. The number of nitrogens with zero attached hydrogens (tertiary/aromatic N) is 1. The van der Waals surface area contributed by atoms with Gasteiger partial charge in [0.15, 0.2) is 0 Å². The molecule has 2 rings (SSSR count). The molecule has 0 spiro atoms. The molecule has 0 aliphatic rings. The third-order valence-electron chi connectivity index (χ3n) is 2.51. The first-order chi connectivity index (χ1) is 7.79. The van der Waals surface area contributed by atoms with Crippen LogP contribution in [0.4, 0.5) is 5.82 Å². The van der Waals surface area contributed by atoms with Crippen LogP contribution in [0.2, 0.25) is 0 Å². The lowest BCUT2D eigenvalue weighted by molar-refractivity contribution is 0.475. The first kappa shape index (κ1) is 10.7. The molecule has 3 heteroatoms. The van der Waals surface area contributed by atoms with Gasteiger partial charge in [-0.15, -0.1) is 0 Å². The minimum Gasteiger partial charge on any atom is -0.464 e. The molecular formula is C13H16N2O. The molecule has 0 amide bonds. The number of hydrogen-bond acceptors (Lipinski definition) is 3. The molecule has 2 aromatic heterocycles. The van der Waals surface area contributed by atoms with E-state index in [1.54, 1.807) is 6.20 Å². The van der Waals surface area contributed by atoms with E-state index in [2.05, 4.69) is 17.2 Å². The lowest BCUT2D eigenvalue weighted by atomic mass is 10.3. The summed E-state index contributed by atoms with van der Waals surface area (Å²) < 4.78 is 5.60. The highest BCUT2D eigenvalue weighted by molar-refractivity contribution is 5.42. The highest BCUT2D eigenvalue weighted by atomic mass is 16.3. The van der Waals surface area contributed by atoms with Crippen molar-refractivity contribution in [3.8, 4) is 0 Å². The van der Waals surface area contributed by atoms with Crippen molar-refractivity contribution in [2.24, 2.45) is 0 Å². The number of aryl methyl sites for hydroxylation is 2. The number of anilines is 1. The molecule has 2 heterocycles. The summed E-state index contributed by atoms with van der Waals surface area (Å²) in [6.07, 6.45) is 2.72. The Morgan fingerprint density at radius 3 is 2.75 bits per heavy atom. The quantitative estimate of drug-likeness (QED) is 0.853. The van der Waals surface area contributed by atoms with Crippen molar-refractivity contribution < 1.29 is 4.42 Å². The molecule has 0 bridgehead atoms. The molecular weight excluding hydrogens is 200 g/mol. The molecule has 0 fully saturated rings. The Balaban J connectivity index is 1.99. The van der Waals surface area contributed by atoms with Crippen molar-refractivity contribution in [1.29, 1.82) is 0 Å². The fraction of sp³-hybridized carbons (Fsp3) is 0.308. The van der Waals surface area contributed by atoms with Crippen molar-refractivity contribution in [1.82, 2.24) is 4.98 Å². The zero-order chi connectivity index (χ0) is 11.4. The predicted octanol–water partition coefficient (Wildman–Crippen LogP) is 3.16. The van der Waals surface area contributed by atoms with Crippen LogP contribution >= 0.6 is 0 Å². The van der Waals surface area contributed by atoms with Crippen molar-refractivity contribution in [2.45, 2.75) is 26.8 Å². The van der Waals surface area contributed by atoms with Crippen LogP contribution in [0.3, 0.4) is 0 Å². The van der Waals surface area contributed by atoms with E-state index in [1.807, 2.05) is 31.2 Å². The predicted molar refractivity (Wildman–Crippen MR) is 64.4 cm³/mol. The van der Waals surface area contributed by atoms with Gasteiger partial charge in [0.05, 0.1) is 6.54 Å². The maximum absolute atomic E-state index is 5.60. The molecule has 0 atom stereocenters. The highest BCUT2D eigenvalue weighted by Gasteiger charge is 2.02. The van der Waals surface area contributed by atoms with E-state index in [0.29, 0.717) is 6.54 Å². The van der Waals surface area contributed by atoms with Crippen molar-refractivity contribution in [2.75, 3.05) is 5.32 Å². The molecule has 0 aliphatic heterocycles. The molecule has 0 unspecified atom stereocenters. The van der Waals surface area contributed by atoms with E-state index in [1.165, 1.54) is 0 Å². The molecule has 84 valence electrons. The summed E-state index contributed by atoms with van der Waals surface area (Å²) >= 11 is 0. The van der Waals surface area contributed by atoms with Gasteiger partial charge in [-0.05, 0) is 30.7 Å². The Morgan fingerprint density at radius 1 is 1.25 bits per heavy atom. The van der Waals surface area contributed by atoms with Crippen LogP contribution in [0.15, 0.2) is 34.9 Å². The maximum atomic E-state index is 5.60. The van der Waals surface area contributed by atoms with E-state index in [4.69, 9.17) is 4.42 Å². The molecule has 0 radical (unpaired) electrons. The van der Waals surface area contributed by atoms with Gasteiger partial charge >= 0.3 is 0 Å². The number of furan rings is 1. The number of hydrogen-bond donors (Lipinski definition) is 1. The van der Waals surface area contributed by atoms with Crippen LogP contribution in [0.5, 0.6) is 0 Å². The molecule has 1 N–H and O–H groups in total. The van der Waals surface area contributed by atoms with Gasteiger partial charge in [0.2, 0.25) is 0 Å². The summed E-state index contributed by atoms with van der Waals surface area (Å²) in [4.78, 5) is 4.27. The summed E-state index contributed by atoms with van der Waals surface area (Å²) in [5.74, 6) is 2.88. The summed E-state index contributed by atoms with van der Waals surface area (Å²) in [5.41, 5.74) is 1.14. The second kappa shape index (κ2) is 4.84. The summed E-state index contributed by atoms with van der Waals surface area (Å²) in [5, 5.41) is 3.26. The van der Waals surface area contributed by atoms with Gasteiger partial charge < -0.3 is 9.73 Å². The Morgan fingerprint density at radius 2 is 2.06 bits per heavy atom. The number of pyridine rings is 1. The SMILES string of the molecule is CCc1ccc(CNc2ncccc2C)o1. The third-order valence-corrected chi connectivity index (χ3v) is 2.51. The molecule has 0 aromatic carbocycles. The van der Waals surface area contributed by atoms with Crippen molar-refractivity contribution >= 4 is 5.82 Å². The number of aromatic nitrogens is 1. The van der Waals surface area contributed by atoms with Gasteiger partial charge in [-0.2, -0.15) is 0 Å². The summed E-state index contributed by atoms with van der Waals surface area (Å²) in [6.45, 7) is 4.80. The molecule has 2 aromatic rings. The molecule has 3 nitrogen and oxygen atoms in total. The van der Waals surface area contributed by atoms with E-state index in [-0.39, 0.29) is 0 Å². The first-order valence-corrected chi connectivity index (χ1v) is 5.52. The Bertz CT molecular complexity index is 462. The van der Waals surface area contributed by atoms with E-state index in [0.717, 1.165) is 29.3 Å². The average molecular weight is 216 g/mol. The molecule has 16 heavy (non-hydrogen) atoms. The maximum Gasteiger partial charge on any atom is 0.129 e. The fourth-order valence-corrected chi connectivity index (χ4v) is 1.55. The number of rotatable bonds is 4. The van der Waals surface area contributed by atoms with Crippen molar-refractivity contribution in [3.63, 3.8) is 0 Å². The largest absolute Gasteiger partial charge is 0.464 e. The van der Waals surface area contributed by atoms with Gasteiger partial charge in [0.1, 0.15) is 17.3 Å². The summed E-state index contributed by atoms with van der Waals surface area (Å²) in [6, 6.07) is 7.99. The lowest BCUT2D eigenvalue weighted by Gasteiger charge is -2.05. The number of nitrogens with one attached hydrogen (secondary N) is 1. The van der Waals surface area contributed by atoms with Gasteiger partial charge in [0, 0.05) is 12.6 Å². The van der Waals surface area contributed by atoms with Gasteiger partial charge in [0.25, 0.3) is 0 Å². The molecule has 0 saturated carbocycles. The highest BCUT2D eigenvalue weighted by Crippen LogP contribution is 2.13. The van der Waals surface area contributed by atoms with E-state index in [9.17, 15) is 0 Å². The van der Waals surface area contributed by atoms with Gasteiger partial charge in [-0.1, -0.05) is 13.0 Å². The zero-order valence-corrected chi connectivity index (χ0v) is 9.66. The van der Waals surface area contributed by atoms with E-state index >= 15 is 0 Å². The second-order valence-corrected chi connectivity index (χ2v) is 3.74. The Kier molecular flexibility index (Phi) is 3.25. The van der Waals surface area contributed by atoms with Crippen LogP contribution in [0, 0.1) is 6.92 Å². The van der Waals surface area contributed by atoms with Crippen molar-refractivity contribution in [3.05, 3.63) is 47.5 Å². The normalized spacial score (nSPS) is 10.4. The van der Waals surface area contributed by atoms with Crippen LogP contribution in [0.1, 0.15) is 24.0 Å². The van der Waals surface area contributed by atoms with Gasteiger partial charge in [-0.25, -0.2) is 4.98 Å². The van der Waals surface area contributed by atoms with Gasteiger partial charge in [-0.3, -0.25) is 0 Å². The topological polar surface area (TPSA) is 38.1 Å². The first-order valence-electron chi connectivity index (χ1n) is 5.52. The lowest BCUT2D eigenvalue weighted by Crippen LogP contribution is -2.01. The standard InChI is InChI=1S/C13H16N2O/c1-3-11-6-7-12(16-11)9-15-13-10(2)5-4-8-14-13/h4-8H,3,9H2,1-2H3,(H,14,15). The average Bonchev–Trinajstić information content (AvgIpc) is 2.76. The monoisotopic (exact) mass is 216 g/mol. The molecule has 0 saturated heterocycles. The second-order valence-electron chi connectivity index (χ2n) is 3.74. The van der Waals surface area contributed by atoms with Crippen LogP contribution in [-0.2, 0) is 13.0 Å². The Hall–Kier alpha value is -1.77. The van der Waals surface area contributed by atoms with Crippen LogP contribution in [0.25, 0.3) is 0 Å². The zero-order valence-electron chi connectivity index (χ0n) is 9.66. The molecule has 0 aliphatic carbocycles. The Labute approximate surface area is 95.5 Å². The smallest absolute Gasteiger partial charge is 0.129 e.